The molecule has 4 nitrogen and oxygen atoms in total. The fourth-order valence-electron chi connectivity index (χ4n) is 1.45. The van der Waals surface area contributed by atoms with Crippen molar-refractivity contribution in [1.82, 2.24) is 0 Å². The molecule has 0 fully saturated rings. The Hall–Kier alpha value is -1.39. The van der Waals surface area contributed by atoms with E-state index in [9.17, 15) is 4.79 Å². The normalized spacial score (nSPS) is 11.3. The highest BCUT2D eigenvalue weighted by molar-refractivity contribution is 5.91. The molecule has 16 heavy (non-hydrogen) atoms. The second-order valence-electron chi connectivity index (χ2n) is 4.15. The van der Waals surface area contributed by atoms with Crippen LogP contribution in [0.25, 0.3) is 0 Å². The number of nitrogens with two attached hydrogens (primary N) is 1. The first-order chi connectivity index (χ1) is 7.42. The van der Waals surface area contributed by atoms with E-state index >= 15 is 0 Å². The van der Waals surface area contributed by atoms with E-state index in [-0.39, 0.29) is 5.97 Å². The number of esters is 1. The average molecular weight is 223 g/mol. The van der Waals surface area contributed by atoms with Gasteiger partial charge in [0.05, 0.1) is 12.7 Å². The minimum atomic E-state index is -0.570. The second kappa shape index (κ2) is 4.63. The number of carbonyl (C=O) groups excluding carboxylic acids is 1. The molecule has 0 amide bonds. The van der Waals surface area contributed by atoms with Gasteiger partial charge in [-0.1, -0.05) is 12.1 Å². The van der Waals surface area contributed by atoms with Crippen LogP contribution in [0.4, 0.5) is 0 Å². The van der Waals surface area contributed by atoms with E-state index in [0.29, 0.717) is 5.56 Å². The number of carbonyl (C=O) groups is 1. The maximum atomic E-state index is 11.4. The molecule has 0 spiro atoms. The van der Waals surface area contributed by atoms with Crippen molar-refractivity contribution in [2.45, 2.75) is 26.4 Å². The average Bonchev–Trinajstić information content (AvgIpc) is 2.28. The Morgan fingerprint density at radius 1 is 1.38 bits per heavy atom. The van der Waals surface area contributed by atoms with Gasteiger partial charge in [-0.2, -0.15) is 0 Å². The quantitative estimate of drug-likeness (QED) is 0.628. The van der Waals surface area contributed by atoms with E-state index in [1.807, 2.05) is 32.9 Å². The number of ether oxygens (including phenoxy) is 1. The zero-order valence-corrected chi connectivity index (χ0v) is 10.0. The van der Waals surface area contributed by atoms with E-state index in [0.717, 1.165) is 11.1 Å². The van der Waals surface area contributed by atoms with Crippen molar-refractivity contribution in [3.63, 3.8) is 0 Å². The maximum Gasteiger partial charge on any atom is 0.338 e. The van der Waals surface area contributed by atoms with Gasteiger partial charge in [0.1, 0.15) is 5.60 Å². The number of rotatable bonds is 3. The smallest absolute Gasteiger partial charge is 0.338 e. The fourth-order valence-corrected chi connectivity index (χ4v) is 1.45. The van der Waals surface area contributed by atoms with E-state index in [1.54, 1.807) is 6.07 Å². The molecule has 4 heteroatoms. The molecular formula is C12H17NO3. The van der Waals surface area contributed by atoms with Gasteiger partial charge in [0.25, 0.3) is 0 Å². The van der Waals surface area contributed by atoms with Crippen LogP contribution in [0.2, 0.25) is 0 Å². The monoisotopic (exact) mass is 223 g/mol. The van der Waals surface area contributed by atoms with Gasteiger partial charge in [-0.05, 0) is 38.0 Å². The summed E-state index contributed by atoms with van der Waals surface area (Å²) in [6, 6.07) is 5.41. The lowest BCUT2D eigenvalue weighted by atomic mass is 9.94. The zero-order chi connectivity index (χ0) is 12.3. The third-order valence-corrected chi connectivity index (χ3v) is 2.62. The van der Waals surface area contributed by atoms with Gasteiger partial charge in [0.15, 0.2) is 0 Å². The van der Waals surface area contributed by atoms with Crippen LogP contribution in [-0.4, -0.2) is 13.1 Å². The zero-order valence-electron chi connectivity index (χ0n) is 10.0. The first-order valence-corrected chi connectivity index (χ1v) is 4.99. The summed E-state index contributed by atoms with van der Waals surface area (Å²) in [6.07, 6.45) is 0. The molecule has 0 atom stereocenters. The highest BCUT2D eigenvalue weighted by atomic mass is 16.6. The van der Waals surface area contributed by atoms with Crippen molar-refractivity contribution in [1.29, 1.82) is 0 Å². The summed E-state index contributed by atoms with van der Waals surface area (Å²) in [5.74, 6) is 4.88. The molecule has 0 heterocycles. The first-order valence-electron chi connectivity index (χ1n) is 4.99. The Labute approximate surface area is 95.3 Å². The van der Waals surface area contributed by atoms with Crippen LogP contribution in [-0.2, 0) is 15.2 Å². The summed E-state index contributed by atoms with van der Waals surface area (Å²) >= 11 is 0. The van der Waals surface area contributed by atoms with Gasteiger partial charge >= 0.3 is 5.97 Å². The number of hydrogen-bond acceptors (Lipinski definition) is 4. The van der Waals surface area contributed by atoms with Crippen LogP contribution in [0.15, 0.2) is 18.2 Å². The van der Waals surface area contributed by atoms with Crippen molar-refractivity contribution in [3.8, 4) is 0 Å². The third-order valence-electron chi connectivity index (χ3n) is 2.62. The Morgan fingerprint density at radius 2 is 2.00 bits per heavy atom. The molecule has 1 aromatic carbocycles. The minimum absolute atomic E-state index is 0.337. The molecule has 0 bridgehead atoms. The van der Waals surface area contributed by atoms with E-state index < -0.39 is 5.60 Å². The fraction of sp³-hybridized carbons (Fsp3) is 0.417. The molecule has 0 aromatic heterocycles. The molecule has 0 aliphatic heterocycles. The Bertz CT molecular complexity index is 399. The van der Waals surface area contributed by atoms with Crippen LogP contribution in [0, 0.1) is 6.92 Å². The minimum Gasteiger partial charge on any atom is -0.465 e. The Balaban J connectivity index is 3.14. The van der Waals surface area contributed by atoms with Crippen molar-refractivity contribution >= 4 is 5.97 Å². The topological polar surface area (TPSA) is 61.5 Å². The third kappa shape index (κ3) is 2.40. The highest BCUT2D eigenvalue weighted by Gasteiger charge is 2.22. The van der Waals surface area contributed by atoms with Gasteiger partial charge < -0.3 is 4.74 Å². The molecular weight excluding hydrogens is 206 g/mol. The van der Waals surface area contributed by atoms with Crippen LogP contribution in [0.5, 0.6) is 0 Å². The number of aryl methyl sites for hydroxylation is 1. The standard InChI is InChI=1S/C12H17NO3/c1-8-7-9(12(2,3)16-13)5-6-10(8)11(14)15-4/h5-7H,13H2,1-4H3. The predicted molar refractivity (Wildman–Crippen MR) is 60.8 cm³/mol. The lowest BCUT2D eigenvalue weighted by Crippen LogP contribution is -2.25. The summed E-state index contributed by atoms with van der Waals surface area (Å²) in [5.41, 5.74) is 1.74. The number of hydrogen-bond donors (Lipinski definition) is 1. The summed E-state index contributed by atoms with van der Waals surface area (Å²) in [4.78, 5) is 16.3. The van der Waals surface area contributed by atoms with E-state index in [1.165, 1.54) is 7.11 Å². The van der Waals surface area contributed by atoms with Crippen molar-refractivity contribution in [3.05, 3.63) is 34.9 Å². The summed E-state index contributed by atoms with van der Waals surface area (Å²) in [5, 5.41) is 0. The molecule has 1 rings (SSSR count). The van der Waals surface area contributed by atoms with Crippen LogP contribution < -0.4 is 5.90 Å². The number of benzene rings is 1. The molecule has 1 aromatic rings. The van der Waals surface area contributed by atoms with Crippen LogP contribution in [0.3, 0.4) is 0 Å². The molecule has 0 saturated carbocycles. The van der Waals surface area contributed by atoms with E-state index in [2.05, 4.69) is 4.74 Å². The number of methoxy groups -OCH3 is 1. The maximum absolute atomic E-state index is 11.4. The van der Waals surface area contributed by atoms with Gasteiger partial charge in [-0.15, -0.1) is 0 Å². The van der Waals surface area contributed by atoms with E-state index in [4.69, 9.17) is 10.7 Å². The van der Waals surface area contributed by atoms with Crippen LogP contribution >= 0.6 is 0 Å². The van der Waals surface area contributed by atoms with Crippen molar-refractivity contribution in [2.24, 2.45) is 5.90 Å². The predicted octanol–water partition coefficient (Wildman–Crippen LogP) is 1.91. The van der Waals surface area contributed by atoms with Gasteiger partial charge in [0.2, 0.25) is 0 Å². The Kier molecular flexibility index (Phi) is 3.67. The first kappa shape index (κ1) is 12.7. The van der Waals surface area contributed by atoms with Crippen LogP contribution in [0.1, 0.15) is 35.3 Å². The van der Waals surface area contributed by atoms with Gasteiger partial charge in [-0.25, -0.2) is 10.7 Å². The highest BCUT2D eigenvalue weighted by Crippen LogP contribution is 2.25. The summed E-state index contributed by atoms with van der Waals surface area (Å²) < 4.78 is 4.67. The molecule has 0 saturated heterocycles. The molecule has 2 N–H and O–H groups in total. The largest absolute Gasteiger partial charge is 0.465 e. The lowest BCUT2D eigenvalue weighted by molar-refractivity contribution is -0.0236. The lowest BCUT2D eigenvalue weighted by Gasteiger charge is -2.23. The molecule has 0 aliphatic carbocycles. The van der Waals surface area contributed by atoms with Crippen molar-refractivity contribution in [2.75, 3.05) is 7.11 Å². The van der Waals surface area contributed by atoms with Crippen molar-refractivity contribution < 1.29 is 14.4 Å². The Morgan fingerprint density at radius 3 is 2.44 bits per heavy atom. The summed E-state index contributed by atoms with van der Waals surface area (Å²) in [6.45, 7) is 5.57. The SMILES string of the molecule is COC(=O)c1ccc(C(C)(C)ON)cc1C. The van der Waals surface area contributed by atoms with Gasteiger partial charge in [0, 0.05) is 0 Å². The molecule has 0 aliphatic rings. The molecule has 88 valence electrons. The molecule has 0 radical (unpaired) electrons. The molecule has 0 unspecified atom stereocenters. The second-order valence-corrected chi connectivity index (χ2v) is 4.15. The summed E-state index contributed by atoms with van der Waals surface area (Å²) in [7, 11) is 1.36. The van der Waals surface area contributed by atoms with Gasteiger partial charge in [-0.3, -0.25) is 4.84 Å².